The first-order valence-electron chi connectivity index (χ1n) is 10.6. The zero-order chi connectivity index (χ0) is 22.0. The molecule has 0 spiro atoms. The quantitative estimate of drug-likeness (QED) is 0.362. The first-order valence-corrected chi connectivity index (χ1v) is 11.8. The van der Waals surface area contributed by atoms with Gasteiger partial charge in [0.25, 0.3) is 0 Å². The lowest BCUT2D eigenvalue weighted by Crippen LogP contribution is -2.23. The van der Waals surface area contributed by atoms with Crippen LogP contribution in [0.25, 0.3) is 11.3 Å². The molecule has 1 saturated carbocycles. The van der Waals surface area contributed by atoms with Crippen LogP contribution in [0.2, 0.25) is 5.02 Å². The lowest BCUT2D eigenvalue weighted by molar-refractivity contribution is -0.154. The number of aryl methyl sites for hydroxylation is 1. The van der Waals surface area contributed by atoms with E-state index in [0.29, 0.717) is 18.9 Å². The molecule has 6 heteroatoms. The number of esters is 1. The fourth-order valence-corrected chi connectivity index (χ4v) is 4.34. The van der Waals surface area contributed by atoms with Gasteiger partial charge in [0.05, 0.1) is 10.9 Å². The Bertz CT molecular complexity index is 1050. The van der Waals surface area contributed by atoms with Gasteiger partial charge in [-0.05, 0) is 69.9 Å². The minimum atomic E-state index is -0.445. The minimum Gasteiger partial charge on any atom is -0.460 e. The maximum absolute atomic E-state index is 12.0. The van der Waals surface area contributed by atoms with Gasteiger partial charge in [0.1, 0.15) is 11.3 Å². The van der Waals surface area contributed by atoms with Crippen LogP contribution in [-0.4, -0.2) is 21.4 Å². The van der Waals surface area contributed by atoms with E-state index in [0.717, 1.165) is 31.6 Å². The maximum Gasteiger partial charge on any atom is 0.306 e. The van der Waals surface area contributed by atoms with Crippen LogP contribution in [0.5, 0.6) is 0 Å². The summed E-state index contributed by atoms with van der Waals surface area (Å²) in [6.07, 6.45) is 5.58. The number of hydrogen-bond donors (Lipinski definition) is 0. The molecule has 1 fully saturated rings. The van der Waals surface area contributed by atoms with Crippen LogP contribution in [0.1, 0.15) is 51.6 Å². The Labute approximate surface area is 192 Å². The number of ether oxygens (including phenoxy) is 1. The number of aromatic nitrogens is 2. The van der Waals surface area contributed by atoms with E-state index in [-0.39, 0.29) is 5.97 Å². The molecule has 2 aromatic carbocycles. The Kier molecular flexibility index (Phi) is 6.44. The standard InChI is InChI=1S/C25H27ClN2O2S/c1-25(2,3)30-23(29)15-6-17-4-7-18(8-5-17)24-22(16-28(27-24)20-11-12-20)31-21-13-9-19(26)10-14-21/h4-5,7-10,13-14,16,20H,6,11-12,15H2,1-3H3. The molecular weight excluding hydrogens is 428 g/mol. The Morgan fingerprint density at radius 1 is 1.13 bits per heavy atom. The van der Waals surface area contributed by atoms with Crippen LogP contribution in [0.15, 0.2) is 64.5 Å². The molecule has 1 aliphatic rings. The van der Waals surface area contributed by atoms with E-state index in [4.69, 9.17) is 21.4 Å². The molecule has 3 aromatic rings. The van der Waals surface area contributed by atoms with Crippen molar-refractivity contribution in [3.8, 4) is 11.3 Å². The van der Waals surface area contributed by atoms with Gasteiger partial charge in [-0.1, -0.05) is 47.6 Å². The Morgan fingerprint density at radius 2 is 1.81 bits per heavy atom. The average molecular weight is 455 g/mol. The highest BCUT2D eigenvalue weighted by Gasteiger charge is 2.26. The number of rotatable bonds is 7. The predicted octanol–water partition coefficient (Wildman–Crippen LogP) is 6.96. The molecule has 0 N–H and O–H groups in total. The molecule has 0 unspecified atom stereocenters. The van der Waals surface area contributed by atoms with Crippen molar-refractivity contribution >= 4 is 29.3 Å². The number of carbonyl (C=O) groups is 1. The van der Waals surface area contributed by atoms with Crippen LogP contribution in [0, 0.1) is 0 Å². The third-order valence-electron chi connectivity index (χ3n) is 4.93. The van der Waals surface area contributed by atoms with Crippen molar-refractivity contribution in [2.45, 2.75) is 67.9 Å². The highest BCUT2D eigenvalue weighted by atomic mass is 35.5. The number of halogens is 1. The van der Waals surface area contributed by atoms with Crippen LogP contribution in [-0.2, 0) is 16.0 Å². The van der Waals surface area contributed by atoms with E-state index in [2.05, 4.69) is 35.1 Å². The summed E-state index contributed by atoms with van der Waals surface area (Å²) in [5, 5.41) is 5.63. The number of carbonyl (C=O) groups excluding carboxylic acids is 1. The van der Waals surface area contributed by atoms with Crippen molar-refractivity contribution in [1.29, 1.82) is 0 Å². The van der Waals surface area contributed by atoms with E-state index in [1.54, 1.807) is 11.8 Å². The molecule has 1 aromatic heterocycles. The summed E-state index contributed by atoms with van der Waals surface area (Å²) in [6, 6.07) is 16.7. The third kappa shape index (κ3) is 6.14. The first-order chi connectivity index (χ1) is 14.8. The van der Waals surface area contributed by atoms with Gasteiger partial charge in [0.15, 0.2) is 0 Å². The molecule has 0 bridgehead atoms. The molecule has 1 heterocycles. The van der Waals surface area contributed by atoms with Gasteiger partial charge in [-0.2, -0.15) is 5.10 Å². The van der Waals surface area contributed by atoms with Crippen molar-refractivity contribution in [2.24, 2.45) is 0 Å². The van der Waals surface area contributed by atoms with Gasteiger partial charge in [0.2, 0.25) is 0 Å². The Hall–Kier alpha value is -2.24. The SMILES string of the molecule is CC(C)(C)OC(=O)CCc1ccc(-c2nn(C3CC3)cc2Sc2ccc(Cl)cc2)cc1. The lowest BCUT2D eigenvalue weighted by atomic mass is 10.1. The minimum absolute atomic E-state index is 0.165. The smallest absolute Gasteiger partial charge is 0.306 e. The molecule has 0 amide bonds. The van der Waals surface area contributed by atoms with Gasteiger partial charge in [-0.15, -0.1) is 0 Å². The summed E-state index contributed by atoms with van der Waals surface area (Å²) in [4.78, 5) is 14.3. The molecule has 0 radical (unpaired) electrons. The van der Waals surface area contributed by atoms with Gasteiger partial charge in [0, 0.05) is 28.1 Å². The average Bonchev–Trinajstić information content (AvgIpc) is 3.48. The van der Waals surface area contributed by atoms with Crippen LogP contribution in [0.4, 0.5) is 0 Å². The molecule has 1 aliphatic carbocycles. The van der Waals surface area contributed by atoms with Gasteiger partial charge in [-0.25, -0.2) is 0 Å². The largest absolute Gasteiger partial charge is 0.460 e. The molecule has 4 rings (SSSR count). The van der Waals surface area contributed by atoms with Crippen LogP contribution >= 0.6 is 23.4 Å². The molecule has 4 nitrogen and oxygen atoms in total. The fraction of sp³-hybridized carbons (Fsp3) is 0.360. The number of benzene rings is 2. The normalized spacial score (nSPS) is 13.9. The van der Waals surface area contributed by atoms with Crippen LogP contribution < -0.4 is 0 Å². The molecular formula is C25H27ClN2O2S. The number of hydrogen-bond acceptors (Lipinski definition) is 4. The maximum atomic E-state index is 12.0. The molecule has 31 heavy (non-hydrogen) atoms. The Balaban J connectivity index is 1.49. The monoisotopic (exact) mass is 454 g/mol. The summed E-state index contributed by atoms with van der Waals surface area (Å²) >= 11 is 7.74. The second kappa shape index (κ2) is 9.09. The Morgan fingerprint density at radius 3 is 2.42 bits per heavy atom. The predicted molar refractivity (Wildman–Crippen MR) is 126 cm³/mol. The zero-order valence-corrected chi connectivity index (χ0v) is 19.7. The van der Waals surface area contributed by atoms with Crippen molar-refractivity contribution in [2.75, 3.05) is 0 Å². The van der Waals surface area contributed by atoms with Crippen molar-refractivity contribution in [3.05, 3.63) is 65.3 Å². The van der Waals surface area contributed by atoms with Crippen molar-refractivity contribution < 1.29 is 9.53 Å². The van der Waals surface area contributed by atoms with E-state index >= 15 is 0 Å². The molecule has 162 valence electrons. The van der Waals surface area contributed by atoms with Crippen molar-refractivity contribution in [3.63, 3.8) is 0 Å². The van der Waals surface area contributed by atoms with E-state index in [1.807, 2.05) is 45.0 Å². The fourth-order valence-electron chi connectivity index (χ4n) is 3.27. The highest BCUT2D eigenvalue weighted by Crippen LogP contribution is 2.40. The van der Waals surface area contributed by atoms with Crippen LogP contribution in [0.3, 0.4) is 0 Å². The lowest BCUT2D eigenvalue weighted by Gasteiger charge is -2.19. The highest BCUT2D eigenvalue weighted by molar-refractivity contribution is 7.99. The first kappa shape index (κ1) is 22.0. The summed E-state index contributed by atoms with van der Waals surface area (Å²) in [5.41, 5.74) is 2.74. The summed E-state index contributed by atoms with van der Waals surface area (Å²) < 4.78 is 7.50. The summed E-state index contributed by atoms with van der Waals surface area (Å²) in [7, 11) is 0. The second-order valence-corrected chi connectivity index (χ2v) is 10.4. The second-order valence-electron chi connectivity index (χ2n) is 8.89. The van der Waals surface area contributed by atoms with Gasteiger partial charge >= 0.3 is 5.97 Å². The van der Waals surface area contributed by atoms with Gasteiger partial charge < -0.3 is 4.74 Å². The van der Waals surface area contributed by atoms with Gasteiger partial charge in [-0.3, -0.25) is 9.48 Å². The van der Waals surface area contributed by atoms with Crippen molar-refractivity contribution in [1.82, 2.24) is 9.78 Å². The molecule has 0 atom stereocenters. The molecule has 0 aliphatic heterocycles. The van der Waals surface area contributed by atoms with E-state index < -0.39 is 5.60 Å². The number of nitrogens with zero attached hydrogens (tertiary/aromatic N) is 2. The third-order valence-corrected chi connectivity index (χ3v) is 6.20. The zero-order valence-electron chi connectivity index (χ0n) is 18.1. The van der Waals surface area contributed by atoms with E-state index in [9.17, 15) is 4.79 Å². The summed E-state index contributed by atoms with van der Waals surface area (Å²) in [5.74, 6) is -0.165. The van der Waals surface area contributed by atoms with E-state index in [1.165, 1.54) is 12.8 Å². The topological polar surface area (TPSA) is 44.1 Å². The molecule has 0 saturated heterocycles. The summed E-state index contributed by atoms with van der Waals surface area (Å²) in [6.45, 7) is 5.67.